The molecule has 2 aromatic rings. The fourth-order valence-corrected chi connectivity index (χ4v) is 5.54. The number of alkyl halides is 6. The number of carbonyl (C=O) groups is 2. The first-order valence-electron chi connectivity index (χ1n) is 13.2. The van der Waals surface area contributed by atoms with Crippen LogP contribution in [0.2, 0.25) is 0 Å². The van der Waals surface area contributed by atoms with Crippen molar-refractivity contribution in [3.63, 3.8) is 0 Å². The van der Waals surface area contributed by atoms with Crippen LogP contribution in [0.25, 0.3) is 0 Å². The minimum atomic E-state index is -5.06. The Labute approximate surface area is 245 Å². The predicted molar refractivity (Wildman–Crippen MR) is 145 cm³/mol. The van der Waals surface area contributed by atoms with Gasteiger partial charge in [-0.15, -0.1) is 12.4 Å². The summed E-state index contributed by atoms with van der Waals surface area (Å²) in [6, 6.07) is 4.86. The van der Waals surface area contributed by atoms with Gasteiger partial charge >= 0.3 is 18.4 Å². The molecule has 0 bridgehead atoms. The monoisotopic (exact) mass is 624 g/mol. The number of nitrogens with zero attached hydrogens (tertiary/aromatic N) is 3. The third kappa shape index (κ3) is 7.47. The van der Waals surface area contributed by atoms with Crippen molar-refractivity contribution in [2.75, 3.05) is 38.6 Å². The van der Waals surface area contributed by atoms with E-state index in [0.717, 1.165) is 31.3 Å². The van der Waals surface area contributed by atoms with Gasteiger partial charge in [-0.05, 0) is 61.7 Å². The zero-order valence-corrected chi connectivity index (χ0v) is 23.8. The maximum Gasteiger partial charge on any atom is 0.416 e. The van der Waals surface area contributed by atoms with Crippen LogP contribution in [-0.4, -0.2) is 67.6 Å². The Morgan fingerprint density at radius 3 is 2.02 bits per heavy atom. The van der Waals surface area contributed by atoms with Crippen LogP contribution in [0.15, 0.2) is 42.5 Å². The molecule has 232 valence electrons. The van der Waals surface area contributed by atoms with E-state index in [1.807, 2.05) is 0 Å². The third-order valence-electron chi connectivity index (χ3n) is 7.84. The number of hydrogen-bond donors (Lipinski definition) is 1. The highest BCUT2D eigenvalue weighted by atomic mass is 35.5. The van der Waals surface area contributed by atoms with Gasteiger partial charge in [0, 0.05) is 44.8 Å². The molecule has 2 fully saturated rings. The van der Waals surface area contributed by atoms with Crippen LogP contribution in [0.1, 0.15) is 48.3 Å². The first-order valence-corrected chi connectivity index (χ1v) is 13.2. The number of piperidine rings is 2. The van der Waals surface area contributed by atoms with Crippen molar-refractivity contribution in [3.8, 4) is 0 Å². The second-order valence-corrected chi connectivity index (χ2v) is 10.5. The molecule has 0 saturated carbocycles. The van der Waals surface area contributed by atoms with Crippen LogP contribution >= 0.6 is 12.4 Å². The quantitative estimate of drug-likeness (QED) is 0.407. The molecule has 0 aromatic heterocycles. The van der Waals surface area contributed by atoms with Crippen LogP contribution in [0.5, 0.6) is 0 Å². The lowest BCUT2D eigenvalue weighted by molar-refractivity contribution is -0.143. The summed E-state index contributed by atoms with van der Waals surface area (Å²) < 4.78 is 94.2. The summed E-state index contributed by atoms with van der Waals surface area (Å²) in [7, 11) is 2.52. The molecule has 0 unspecified atom stereocenters. The molecule has 14 heteroatoms. The molecule has 3 amide bonds. The van der Waals surface area contributed by atoms with Crippen molar-refractivity contribution < 1.29 is 40.3 Å². The molecule has 4 rings (SSSR count). The molecule has 2 aromatic carbocycles. The summed E-state index contributed by atoms with van der Waals surface area (Å²) in [6.45, 7) is 1.22. The lowest BCUT2D eigenvalue weighted by Crippen LogP contribution is -2.57. The number of hydrogen-bond acceptors (Lipinski definition) is 3. The van der Waals surface area contributed by atoms with Crippen LogP contribution in [0.3, 0.4) is 0 Å². The largest absolute Gasteiger partial charge is 0.416 e. The molecule has 0 spiro atoms. The molecule has 2 heterocycles. The predicted octanol–water partition coefficient (Wildman–Crippen LogP) is 6.30. The van der Waals surface area contributed by atoms with Gasteiger partial charge in [0.1, 0.15) is 5.82 Å². The van der Waals surface area contributed by atoms with Crippen LogP contribution in [0, 0.1) is 5.82 Å². The molecule has 2 saturated heterocycles. The number of nitrogens with one attached hydrogen (secondary N) is 1. The van der Waals surface area contributed by atoms with Crippen molar-refractivity contribution in [1.29, 1.82) is 0 Å². The molecule has 1 N–H and O–H groups in total. The van der Waals surface area contributed by atoms with Gasteiger partial charge in [-0.25, -0.2) is 9.18 Å². The summed E-state index contributed by atoms with van der Waals surface area (Å²) >= 11 is 0. The summed E-state index contributed by atoms with van der Waals surface area (Å²) in [4.78, 5) is 30.4. The zero-order chi connectivity index (χ0) is 30.1. The van der Waals surface area contributed by atoms with Crippen molar-refractivity contribution in [2.24, 2.45) is 0 Å². The molecular weight excluding hydrogens is 593 g/mol. The van der Waals surface area contributed by atoms with E-state index in [9.17, 15) is 40.3 Å². The van der Waals surface area contributed by atoms with Gasteiger partial charge < -0.3 is 15.1 Å². The molecule has 0 radical (unpaired) electrons. The van der Waals surface area contributed by atoms with E-state index in [1.54, 1.807) is 17.0 Å². The zero-order valence-electron chi connectivity index (χ0n) is 22.9. The molecule has 42 heavy (non-hydrogen) atoms. The van der Waals surface area contributed by atoms with Crippen molar-refractivity contribution >= 4 is 30.0 Å². The van der Waals surface area contributed by atoms with Crippen molar-refractivity contribution in [1.82, 2.24) is 15.1 Å². The summed E-state index contributed by atoms with van der Waals surface area (Å²) in [5.74, 6) is -1.04. The molecular formula is C28H32ClF7N4O2. The van der Waals surface area contributed by atoms with Gasteiger partial charge in [0.05, 0.1) is 17.2 Å². The number of halogens is 8. The fraction of sp³-hybridized carbons (Fsp3) is 0.500. The summed E-state index contributed by atoms with van der Waals surface area (Å²) in [5, 5.41) is 3.22. The average molecular weight is 625 g/mol. The van der Waals surface area contributed by atoms with Crippen LogP contribution in [0.4, 0.5) is 41.2 Å². The van der Waals surface area contributed by atoms with Crippen LogP contribution < -0.4 is 10.2 Å². The Hall–Kier alpha value is -3.06. The van der Waals surface area contributed by atoms with Gasteiger partial charge in [0.2, 0.25) is 5.91 Å². The first-order chi connectivity index (χ1) is 19.2. The highest BCUT2D eigenvalue weighted by molar-refractivity contribution is 5.92. The van der Waals surface area contributed by atoms with Crippen molar-refractivity contribution in [3.05, 3.63) is 65.0 Å². The topological polar surface area (TPSA) is 55.9 Å². The number of likely N-dealkylation sites (tertiary alicyclic amines) is 1. The Balaban J connectivity index is 0.00000484. The maximum atomic E-state index is 13.7. The average Bonchev–Trinajstić information content (AvgIpc) is 2.95. The Morgan fingerprint density at radius 2 is 1.50 bits per heavy atom. The number of amides is 3. The molecule has 6 nitrogen and oxygen atoms in total. The minimum absolute atomic E-state index is 0. The van der Waals surface area contributed by atoms with Crippen molar-refractivity contribution in [2.45, 2.75) is 56.0 Å². The first kappa shape index (κ1) is 33.4. The van der Waals surface area contributed by atoms with E-state index in [0.29, 0.717) is 37.1 Å². The highest BCUT2D eigenvalue weighted by Gasteiger charge is 2.41. The third-order valence-corrected chi connectivity index (χ3v) is 7.84. The molecule has 0 aliphatic carbocycles. The number of carbonyl (C=O) groups excluding carboxylic acids is 2. The Kier molecular flexibility index (Phi) is 10.4. The standard InChI is InChI=1S/C28H31F7N4O2.ClH/c1-37(21-14-18(27(30,31)32)13-19(15-21)28(33,34)35)26(41)38(2)24-10-12-39(25(40)23-5-3-4-11-36-23)16-22(24)17-6-8-20(29)9-7-17;/h6-9,13-15,22-24,36H,3-5,10-12,16H2,1-2H3;1H/t22-,23+,24+;/m0./s1. The van der Waals surface area contributed by atoms with Gasteiger partial charge in [0.15, 0.2) is 0 Å². The lowest BCUT2D eigenvalue weighted by Gasteiger charge is -2.44. The molecule has 2 aliphatic rings. The summed E-state index contributed by atoms with van der Waals surface area (Å²) in [6.07, 6.45) is -7.25. The number of rotatable bonds is 4. The second kappa shape index (κ2) is 13.1. The normalized spacial score (nSPS) is 21.4. The second-order valence-electron chi connectivity index (χ2n) is 10.5. The molecule has 3 atom stereocenters. The van der Waals surface area contributed by atoms with E-state index < -0.39 is 53.0 Å². The smallest absolute Gasteiger partial charge is 0.341 e. The SMILES string of the molecule is CN(C(=O)N(C)[C@@H]1CCN(C(=O)[C@H]2CCCCN2)C[C@H]1c1ccc(F)cc1)c1cc(C(F)(F)F)cc(C(F)(F)F)c1.Cl. The highest BCUT2D eigenvalue weighted by Crippen LogP contribution is 2.39. The fourth-order valence-electron chi connectivity index (χ4n) is 5.54. The number of urea groups is 1. The van der Waals surface area contributed by atoms with Crippen LogP contribution in [-0.2, 0) is 17.1 Å². The van der Waals surface area contributed by atoms with E-state index in [1.165, 1.54) is 24.1 Å². The Morgan fingerprint density at radius 1 is 0.905 bits per heavy atom. The number of likely N-dealkylation sites (N-methyl/N-ethyl adjacent to an activating group) is 1. The Bertz CT molecular complexity index is 1220. The summed E-state index contributed by atoms with van der Waals surface area (Å²) in [5.41, 5.74) is -2.99. The van der Waals surface area contributed by atoms with Gasteiger partial charge in [-0.1, -0.05) is 18.6 Å². The van der Waals surface area contributed by atoms with E-state index >= 15 is 0 Å². The van der Waals surface area contributed by atoms with Gasteiger partial charge in [-0.3, -0.25) is 9.69 Å². The number of benzene rings is 2. The van der Waals surface area contributed by atoms with E-state index in [2.05, 4.69) is 5.32 Å². The van der Waals surface area contributed by atoms with Gasteiger partial charge in [-0.2, -0.15) is 26.3 Å². The number of anilines is 1. The maximum absolute atomic E-state index is 13.7. The minimum Gasteiger partial charge on any atom is -0.341 e. The molecule has 2 aliphatic heterocycles. The van der Waals surface area contributed by atoms with E-state index in [-0.39, 0.29) is 37.0 Å². The van der Waals surface area contributed by atoms with E-state index in [4.69, 9.17) is 0 Å². The lowest BCUT2D eigenvalue weighted by atomic mass is 9.84. The van der Waals surface area contributed by atoms with Gasteiger partial charge in [0.25, 0.3) is 0 Å².